The van der Waals surface area contributed by atoms with Crippen LogP contribution in [0.5, 0.6) is 0 Å². The number of nitrogens with one attached hydrogen (secondary N) is 1. The van der Waals surface area contributed by atoms with Crippen LogP contribution in [0.25, 0.3) is 0 Å². The quantitative estimate of drug-likeness (QED) is 0.169. The Morgan fingerprint density at radius 1 is 0.953 bits per heavy atom. The number of hydrogen-bond donors (Lipinski definition) is 1. The third-order valence-electron chi connectivity index (χ3n) is 12.4. The summed E-state index contributed by atoms with van der Waals surface area (Å²) in [7, 11) is 0. The molecule has 4 nitrogen and oxygen atoms in total. The molecule has 1 N–H and O–H groups in total. The SMILES string of the molecule is C.CC(C)CCC[C@@H](C)C1CCC2C3CC=C4C[C@@H](OC(=O)NCCCCCCOC(C)(C)C)CC[C@]4(C)C3CC[C@@]21C. The first-order chi connectivity index (χ1) is 19.8. The average Bonchev–Trinajstić information content (AvgIpc) is 3.27. The molecule has 4 rings (SSSR count). The summed E-state index contributed by atoms with van der Waals surface area (Å²) in [6.07, 6.45) is 21.1. The predicted molar refractivity (Wildman–Crippen MR) is 182 cm³/mol. The monoisotopic (exact) mass is 602 g/mol. The van der Waals surface area contributed by atoms with Crippen molar-refractivity contribution in [3.8, 4) is 0 Å². The molecule has 0 bridgehead atoms. The number of amides is 1. The van der Waals surface area contributed by atoms with Gasteiger partial charge in [-0.15, -0.1) is 0 Å². The number of allylic oxidation sites excluding steroid dienone is 1. The zero-order chi connectivity index (χ0) is 30.5. The van der Waals surface area contributed by atoms with E-state index in [1.807, 2.05) is 0 Å². The number of hydrogen-bond acceptors (Lipinski definition) is 3. The van der Waals surface area contributed by atoms with E-state index in [0.29, 0.717) is 17.4 Å². The molecule has 4 unspecified atom stereocenters. The lowest BCUT2D eigenvalue weighted by molar-refractivity contribution is -0.0581. The van der Waals surface area contributed by atoms with Crippen molar-refractivity contribution in [3.63, 3.8) is 0 Å². The number of unbranched alkanes of at least 4 members (excludes halogenated alkanes) is 3. The van der Waals surface area contributed by atoms with Crippen LogP contribution in [0.3, 0.4) is 0 Å². The lowest BCUT2D eigenvalue weighted by Crippen LogP contribution is -2.51. The summed E-state index contributed by atoms with van der Waals surface area (Å²) >= 11 is 0. The number of carbonyl (C=O) groups excluding carboxylic acids is 1. The number of fused-ring (bicyclic) bond motifs is 5. The molecule has 250 valence electrons. The van der Waals surface area contributed by atoms with Gasteiger partial charge in [-0.25, -0.2) is 4.79 Å². The van der Waals surface area contributed by atoms with Gasteiger partial charge in [-0.05, 0) is 125 Å². The molecular formula is C39H71NO3. The van der Waals surface area contributed by atoms with Gasteiger partial charge in [0.1, 0.15) is 6.10 Å². The van der Waals surface area contributed by atoms with Crippen LogP contribution in [0.15, 0.2) is 11.6 Å². The van der Waals surface area contributed by atoms with Crippen LogP contribution in [0.2, 0.25) is 0 Å². The Morgan fingerprint density at radius 2 is 1.70 bits per heavy atom. The molecule has 4 aliphatic carbocycles. The summed E-state index contributed by atoms with van der Waals surface area (Å²) < 4.78 is 11.8. The molecule has 0 aromatic carbocycles. The van der Waals surface area contributed by atoms with Gasteiger partial charge in [-0.3, -0.25) is 0 Å². The van der Waals surface area contributed by atoms with Crippen molar-refractivity contribution in [2.24, 2.45) is 46.3 Å². The van der Waals surface area contributed by atoms with Gasteiger partial charge in [0.2, 0.25) is 0 Å². The zero-order valence-corrected chi connectivity index (χ0v) is 28.9. The molecule has 43 heavy (non-hydrogen) atoms. The number of rotatable bonds is 13. The molecule has 0 saturated heterocycles. The summed E-state index contributed by atoms with van der Waals surface area (Å²) in [4.78, 5) is 12.6. The Morgan fingerprint density at radius 3 is 2.42 bits per heavy atom. The Bertz CT molecular complexity index is 905. The van der Waals surface area contributed by atoms with Crippen molar-refractivity contribution in [2.75, 3.05) is 13.2 Å². The minimum Gasteiger partial charge on any atom is -0.446 e. The van der Waals surface area contributed by atoms with Crippen molar-refractivity contribution in [2.45, 2.75) is 171 Å². The van der Waals surface area contributed by atoms with Gasteiger partial charge in [0.15, 0.2) is 0 Å². The molecule has 0 aromatic heterocycles. The molecule has 3 saturated carbocycles. The van der Waals surface area contributed by atoms with Gasteiger partial charge in [0.25, 0.3) is 0 Å². The van der Waals surface area contributed by atoms with Gasteiger partial charge in [-0.2, -0.15) is 0 Å². The topological polar surface area (TPSA) is 47.6 Å². The van der Waals surface area contributed by atoms with Crippen molar-refractivity contribution in [3.05, 3.63) is 11.6 Å². The lowest BCUT2D eigenvalue weighted by Gasteiger charge is -2.58. The van der Waals surface area contributed by atoms with Crippen LogP contribution in [-0.2, 0) is 9.47 Å². The van der Waals surface area contributed by atoms with Crippen LogP contribution in [0.1, 0.15) is 159 Å². The van der Waals surface area contributed by atoms with E-state index in [4.69, 9.17) is 9.47 Å². The summed E-state index contributed by atoms with van der Waals surface area (Å²) in [6.45, 7) is 20.4. The van der Waals surface area contributed by atoms with Gasteiger partial charge >= 0.3 is 6.09 Å². The van der Waals surface area contributed by atoms with Crippen LogP contribution < -0.4 is 5.32 Å². The first kappa shape index (κ1) is 36.4. The Kier molecular flexibility index (Phi) is 13.1. The first-order valence-electron chi connectivity index (χ1n) is 18.1. The molecule has 8 atom stereocenters. The molecule has 4 heteroatoms. The second kappa shape index (κ2) is 15.5. The van der Waals surface area contributed by atoms with E-state index in [1.54, 1.807) is 5.57 Å². The van der Waals surface area contributed by atoms with E-state index < -0.39 is 0 Å². The number of alkyl carbamates (subject to hydrolysis) is 1. The van der Waals surface area contributed by atoms with Crippen molar-refractivity contribution in [1.29, 1.82) is 0 Å². The fraction of sp³-hybridized carbons (Fsp3) is 0.923. The minimum absolute atomic E-state index is 0. The highest BCUT2D eigenvalue weighted by atomic mass is 16.6. The van der Waals surface area contributed by atoms with Crippen molar-refractivity contribution in [1.82, 2.24) is 5.32 Å². The van der Waals surface area contributed by atoms with Gasteiger partial charge in [0, 0.05) is 19.6 Å². The van der Waals surface area contributed by atoms with E-state index >= 15 is 0 Å². The van der Waals surface area contributed by atoms with E-state index in [-0.39, 0.29) is 25.2 Å². The number of ether oxygens (including phenoxy) is 2. The van der Waals surface area contributed by atoms with E-state index in [1.165, 1.54) is 57.8 Å². The van der Waals surface area contributed by atoms with Crippen LogP contribution >= 0.6 is 0 Å². The normalized spacial score (nSPS) is 34.3. The largest absolute Gasteiger partial charge is 0.446 e. The maximum Gasteiger partial charge on any atom is 0.407 e. The minimum atomic E-state index is -0.220. The highest BCUT2D eigenvalue weighted by molar-refractivity contribution is 5.67. The molecule has 0 aromatic rings. The molecule has 3 fully saturated rings. The smallest absolute Gasteiger partial charge is 0.407 e. The highest BCUT2D eigenvalue weighted by Gasteiger charge is 2.59. The molecule has 0 heterocycles. The summed E-state index contributed by atoms with van der Waals surface area (Å²) in [6, 6.07) is 0. The predicted octanol–water partition coefficient (Wildman–Crippen LogP) is 11.1. The maximum atomic E-state index is 12.6. The summed E-state index contributed by atoms with van der Waals surface area (Å²) in [5, 5.41) is 3.02. The fourth-order valence-corrected chi connectivity index (χ4v) is 10.1. The second-order valence-electron chi connectivity index (χ2n) is 16.9. The molecule has 0 spiro atoms. The highest BCUT2D eigenvalue weighted by Crippen LogP contribution is 2.67. The van der Waals surface area contributed by atoms with E-state index in [0.717, 1.165) is 80.6 Å². The third-order valence-corrected chi connectivity index (χ3v) is 12.4. The molecule has 4 aliphatic rings. The zero-order valence-electron chi connectivity index (χ0n) is 28.9. The summed E-state index contributed by atoms with van der Waals surface area (Å²) in [5.41, 5.74) is 2.39. The van der Waals surface area contributed by atoms with E-state index in [9.17, 15) is 4.79 Å². The standard InChI is InChI=1S/C38H67NO3.CH4/c1-27(2)14-13-15-28(3)32-18-19-33-31-17-16-29-26-30(20-22-37(29,7)34(31)21-23-38(32,33)8)42-35(40)39-24-11-9-10-12-25-41-36(4,5)6;/h16,27-28,30-34H,9-15,17-26H2,1-8H3,(H,39,40);1H4/t28-,30+,31?,32?,33?,34?,37+,38-;/m1./s1. The average molecular weight is 602 g/mol. The number of carbonyl (C=O) groups is 1. The van der Waals surface area contributed by atoms with Gasteiger partial charge in [-0.1, -0.05) is 85.8 Å². The van der Waals surface area contributed by atoms with Crippen LogP contribution in [-0.4, -0.2) is 30.9 Å². The third kappa shape index (κ3) is 9.04. The van der Waals surface area contributed by atoms with E-state index in [2.05, 4.69) is 66.8 Å². The molecule has 0 aliphatic heterocycles. The summed E-state index contributed by atoms with van der Waals surface area (Å²) in [5.74, 6) is 5.18. The Hall–Kier alpha value is -1.03. The lowest BCUT2D eigenvalue weighted by atomic mass is 9.47. The Labute approximate surface area is 267 Å². The van der Waals surface area contributed by atoms with Crippen LogP contribution in [0, 0.1) is 46.3 Å². The maximum absolute atomic E-state index is 12.6. The molecular weight excluding hydrogens is 530 g/mol. The molecule has 1 amide bonds. The first-order valence-corrected chi connectivity index (χ1v) is 18.1. The second-order valence-corrected chi connectivity index (χ2v) is 16.9. The van der Waals surface area contributed by atoms with Crippen molar-refractivity contribution < 1.29 is 14.3 Å². The van der Waals surface area contributed by atoms with Crippen LogP contribution in [0.4, 0.5) is 4.79 Å². The fourth-order valence-electron chi connectivity index (χ4n) is 10.1. The van der Waals surface area contributed by atoms with Gasteiger partial charge in [0.05, 0.1) is 5.60 Å². The van der Waals surface area contributed by atoms with Gasteiger partial charge < -0.3 is 14.8 Å². The molecule has 0 radical (unpaired) electrons. The Balaban J connectivity index is 0.00000506. The van der Waals surface area contributed by atoms with Crippen molar-refractivity contribution >= 4 is 6.09 Å².